The minimum atomic E-state index is 0.215. The smallest absolute Gasteiger partial charge is 0.227 e. The first-order chi connectivity index (χ1) is 6.84. The number of thiazole rings is 1. The summed E-state index contributed by atoms with van der Waals surface area (Å²) >= 11 is 1.57. The molecule has 6 nitrogen and oxygen atoms in total. The summed E-state index contributed by atoms with van der Waals surface area (Å²) < 4.78 is 0. The molecule has 0 spiro atoms. The van der Waals surface area contributed by atoms with Crippen molar-refractivity contribution in [1.29, 1.82) is 0 Å². The SMILES string of the molecule is Nc1ncnc(NCc2cncs2)n1. The summed E-state index contributed by atoms with van der Waals surface area (Å²) in [6, 6.07) is 0. The van der Waals surface area contributed by atoms with Crippen LogP contribution in [0.5, 0.6) is 0 Å². The van der Waals surface area contributed by atoms with Gasteiger partial charge in [0.15, 0.2) is 0 Å². The second-order valence-electron chi connectivity index (χ2n) is 2.49. The Bertz CT molecular complexity index is 400. The molecule has 0 unspecified atom stereocenters. The number of nitrogens with one attached hydrogen (secondary N) is 1. The molecule has 2 aromatic rings. The monoisotopic (exact) mass is 208 g/mol. The molecule has 3 N–H and O–H groups in total. The molecule has 0 saturated heterocycles. The van der Waals surface area contributed by atoms with Crippen LogP contribution < -0.4 is 11.1 Å². The Morgan fingerprint density at radius 3 is 3.07 bits per heavy atom. The number of anilines is 2. The molecule has 0 aromatic carbocycles. The largest absolute Gasteiger partial charge is 0.368 e. The Hall–Kier alpha value is -1.76. The number of nitrogens with two attached hydrogens (primary N) is 1. The van der Waals surface area contributed by atoms with Crippen molar-refractivity contribution in [1.82, 2.24) is 19.9 Å². The lowest BCUT2D eigenvalue weighted by Crippen LogP contribution is -2.05. The van der Waals surface area contributed by atoms with E-state index in [1.165, 1.54) is 6.33 Å². The van der Waals surface area contributed by atoms with Crippen molar-refractivity contribution in [3.8, 4) is 0 Å². The fourth-order valence-electron chi connectivity index (χ4n) is 0.890. The highest BCUT2D eigenvalue weighted by atomic mass is 32.1. The van der Waals surface area contributed by atoms with Gasteiger partial charge in [0.2, 0.25) is 11.9 Å². The molecule has 0 aliphatic heterocycles. The number of aromatic nitrogens is 4. The molecule has 72 valence electrons. The van der Waals surface area contributed by atoms with Crippen LogP contribution >= 0.6 is 11.3 Å². The van der Waals surface area contributed by atoms with Gasteiger partial charge in [0.05, 0.1) is 12.1 Å². The fourth-order valence-corrected chi connectivity index (χ4v) is 1.42. The molecule has 0 amide bonds. The second kappa shape index (κ2) is 3.97. The summed E-state index contributed by atoms with van der Waals surface area (Å²) in [7, 11) is 0. The predicted molar refractivity (Wildman–Crippen MR) is 53.7 cm³/mol. The van der Waals surface area contributed by atoms with Crippen LogP contribution in [0.2, 0.25) is 0 Å². The van der Waals surface area contributed by atoms with E-state index < -0.39 is 0 Å². The van der Waals surface area contributed by atoms with E-state index >= 15 is 0 Å². The fraction of sp³-hybridized carbons (Fsp3) is 0.143. The van der Waals surface area contributed by atoms with E-state index in [4.69, 9.17) is 5.73 Å². The van der Waals surface area contributed by atoms with E-state index in [1.807, 2.05) is 0 Å². The maximum atomic E-state index is 5.40. The van der Waals surface area contributed by atoms with Crippen LogP contribution in [0.3, 0.4) is 0 Å². The zero-order chi connectivity index (χ0) is 9.80. The first-order valence-corrected chi connectivity index (χ1v) is 4.78. The molecular formula is C7H8N6S. The molecule has 0 radical (unpaired) electrons. The lowest BCUT2D eigenvalue weighted by molar-refractivity contribution is 1.02. The molecule has 0 fully saturated rings. The highest BCUT2D eigenvalue weighted by Gasteiger charge is 1.98. The zero-order valence-electron chi connectivity index (χ0n) is 7.21. The van der Waals surface area contributed by atoms with Crippen LogP contribution in [-0.2, 0) is 6.54 Å². The van der Waals surface area contributed by atoms with Crippen molar-refractivity contribution in [3.05, 3.63) is 22.9 Å². The van der Waals surface area contributed by atoms with Gasteiger partial charge in [-0.05, 0) is 0 Å². The third-order valence-corrected chi connectivity index (χ3v) is 2.27. The molecule has 0 saturated carbocycles. The number of nitrogens with zero attached hydrogens (tertiary/aromatic N) is 4. The number of hydrogen-bond donors (Lipinski definition) is 2. The summed E-state index contributed by atoms with van der Waals surface area (Å²) in [5, 5.41) is 3.02. The minimum absolute atomic E-state index is 0.215. The summed E-state index contributed by atoms with van der Waals surface area (Å²) in [5.41, 5.74) is 7.17. The van der Waals surface area contributed by atoms with Gasteiger partial charge in [-0.15, -0.1) is 11.3 Å². The van der Waals surface area contributed by atoms with Gasteiger partial charge in [-0.3, -0.25) is 4.98 Å². The van der Waals surface area contributed by atoms with Crippen molar-refractivity contribution in [3.63, 3.8) is 0 Å². The topological polar surface area (TPSA) is 89.6 Å². The van der Waals surface area contributed by atoms with Crippen LogP contribution in [0, 0.1) is 0 Å². The summed E-state index contributed by atoms with van der Waals surface area (Å²) in [6.07, 6.45) is 3.17. The zero-order valence-corrected chi connectivity index (χ0v) is 8.03. The van der Waals surface area contributed by atoms with Gasteiger partial charge in [0.1, 0.15) is 6.33 Å². The summed E-state index contributed by atoms with van der Waals surface area (Å²) in [6.45, 7) is 0.647. The number of rotatable bonds is 3. The molecule has 14 heavy (non-hydrogen) atoms. The first kappa shape index (κ1) is 8.82. The van der Waals surface area contributed by atoms with E-state index in [2.05, 4.69) is 25.3 Å². The average Bonchev–Trinajstić information content (AvgIpc) is 2.67. The van der Waals surface area contributed by atoms with Crippen molar-refractivity contribution < 1.29 is 0 Å². The molecule has 2 aromatic heterocycles. The Morgan fingerprint density at radius 2 is 2.36 bits per heavy atom. The number of nitrogen functional groups attached to an aromatic ring is 1. The molecule has 0 aliphatic carbocycles. The predicted octanol–water partition coefficient (Wildman–Crippen LogP) is 0.522. The van der Waals surface area contributed by atoms with Gasteiger partial charge in [0, 0.05) is 11.1 Å². The molecular weight excluding hydrogens is 200 g/mol. The Labute approximate surface area is 84.3 Å². The molecule has 7 heteroatoms. The van der Waals surface area contributed by atoms with E-state index in [-0.39, 0.29) is 5.95 Å². The van der Waals surface area contributed by atoms with Crippen LogP contribution in [0.15, 0.2) is 18.0 Å². The van der Waals surface area contributed by atoms with Crippen molar-refractivity contribution in [2.45, 2.75) is 6.54 Å². The molecule has 2 rings (SSSR count). The lowest BCUT2D eigenvalue weighted by Gasteiger charge is -2.01. The molecule has 0 bridgehead atoms. The third-order valence-electron chi connectivity index (χ3n) is 1.49. The normalized spacial score (nSPS) is 10.0. The highest BCUT2D eigenvalue weighted by Crippen LogP contribution is 2.07. The van der Waals surface area contributed by atoms with Gasteiger partial charge >= 0.3 is 0 Å². The third kappa shape index (κ3) is 2.13. The Morgan fingerprint density at radius 1 is 1.43 bits per heavy atom. The van der Waals surface area contributed by atoms with E-state index in [9.17, 15) is 0 Å². The van der Waals surface area contributed by atoms with Crippen LogP contribution in [0.25, 0.3) is 0 Å². The van der Waals surface area contributed by atoms with Gasteiger partial charge < -0.3 is 11.1 Å². The first-order valence-electron chi connectivity index (χ1n) is 3.90. The standard InChI is InChI=1S/C7H8N6S/c8-6-11-3-12-7(13-6)10-2-5-1-9-4-14-5/h1,3-4H,2H2,(H3,8,10,11,12,13). The van der Waals surface area contributed by atoms with Gasteiger partial charge in [-0.1, -0.05) is 0 Å². The molecule has 0 aliphatic rings. The van der Waals surface area contributed by atoms with Crippen LogP contribution in [0.1, 0.15) is 4.88 Å². The maximum absolute atomic E-state index is 5.40. The van der Waals surface area contributed by atoms with E-state index in [0.717, 1.165) is 4.88 Å². The highest BCUT2D eigenvalue weighted by molar-refractivity contribution is 7.09. The van der Waals surface area contributed by atoms with Crippen LogP contribution in [0.4, 0.5) is 11.9 Å². The Kier molecular flexibility index (Phi) is 2.50. The maximum Gasteiger partial charge on any atom is 0.227 e. The summed E-state index contributed by atoms with van der Waals surface area (Å²) in [5.74, 6) is 0.692. The minimum Gasteiger partial charge on any atom is -0.368 e. The quantitative estimate of drug-likeness (QED) is 0.764. The van der Waals surface area contributed by atoms with Crippen molar-refractivity contribution in [2.75, 3.05) is 11.1 Å². The van der Waals surface area contributed by atoms with Gasteiger partial charge in [-0.25, -0.2) is 9.97 Å². The molecule has 2 heterocycles. The van der Waals surface area contributed by atoms with Gasteiger partial charge in [-0.2, -0.15) is 4.98 Å². The Balaban J connectivity index is 1.98. The summed E-state index contributed by atoms with van der Waals surface area (Å²) in [4.78, 5) is 16.6. The van der Waals surface area contributed by atoms with Gasteiger partial charge in [0.25, 0.3) is 0 Å². The lowest BCUT2D eigenvalue weighted by atomic mass is 10.5. The van der Waals surface area contributed by atoms with E-state index in [1.54, 1.807) is 23.0 Å². The number of hydrogen-bond acceptors (Lipinski definition) is 7. The second-order valence-corrected chi connectivity index (χ2v) is 3.46. The van der Waals surface area contributed by atoms with Crippen molar-refractivity contribution in [2.24, 2.45) is 0 Å². The van der Waals surface area contributed by atoms with Crippen LogP contribution in [-0.4, -0.2) is 19.9 Å². The average molecular weight is 208 g/mol. The van der Waals surface area contributed by atoms with Crippen molar-refractivity contribution >= 4 is 23.2 Å². The van der Waals surface area contributed by atoms with E-state index in [0.29, 0.717) is 12.5 Å². The molecule has 0 atom stereocenters.